The van der Waals surface area contributed by atoms with Gasteiger partial charge in [0.15, 0.2) is 10.3 Å². The van der Waals surface area contributed by atoms with Gasteiger partial charge in [-0.05, 0) is 65.4 Å². The van der Waals surface area contributed by atoms with E-state index in [0.29, 0.717) is 22.3 Å². The number of rotatable bonds is 12. The number of benzene rings is 2. The first-order chi connectivity index (χ1) is 15.6. The molecule has 2 rings (SSSR count). The molecule has 3 unspecified atom stereocenters. The molecule has 0 spiro atoms. The van der Waals surface area contributed by atoms with Gasteiger partial charge in [0.2, 0.25) is 0 Å². The van der Waals surface area contributed by atoms with Crippen LogP contribution in [0.3, 0.4) is 0 Å². The molecule has 0 fully saturated rings. The Morgan fingerprint density at radius 2 is 1.64 bits per heavy atom. The van der Waals surface area contributed by atoms with Crippen LogP contribution in [0.5, 0.6) is 0 Å². The molecule has 0 amide bonds. The SMILES string of the molecule is CC(=CCC(C(=O)C(Br)(O[SiH3])c1ccccc1)c1ccccc1)CCCC(C)CC(C)(C)C. The summed E-state index contributed by atoms with van der Waals surface area (Å²) in [6.45, 7) is 11.5. The second-order valence-electron chi connectivity index (χ2n) is 10.5. The molecule has 0 N–H and O–H groups in total. The largest absolute Gasteiger partial charge is 0.404 e. The smallest absolute Gasteiger partial charge is 0.197 e. The Balaban J connectivity index is 2.14. The van der Waals surface area contributed by atoms with E-state index in [1.54, 1.807) is 0 Å². The van der Waals surface area contributed by atoms with E-state index >= 15 is 0 Å². The number of ketones is 1. The van der Waals surface area contributed by atoms with Gasteiger partial charge in [0.25, 0.3) is 0 Å². The highest BCUT2D eigenvalue weighted by molar-refractivity contribution is 9.10. The van der Waals surface area contributed by atoms with E-state index in [1.807, 2.05) is 60.7 Å². The maximum Gasteiger partial charge on any atom is 0.197 e. The van der Waals surface area contributed by atoms with Crippen molar-refractivity contribution in [2.45, 2.75) is 77.2 Å². The molecule has 0 aromatic heterocycles. The average Bonchev–Trinajstić information content (AvgIpc) is 2.78. The van der Waals surface area contributed by atoms with Gasteiger partial charge < -0.3 is 4.43 Å². The Kier molecular flexibility index (Phi) is 10.8. The normalized spacial score (nSPS) is 16.2. The second-order valence-corrected chi connectivity index (χ2v) is 12.1. The van der Waals surface area contributed by atoms with Crippen molar-refractivity contribution in [1.29, 1.82) is 0 Å². The molecular formula is C29H41BrO2Si. The van der Waals surface area contributed by atoms with Gasteiger partial charge in [-0.2, -0.15) is 0 Å². The number of carbonyl (C=O) groups is 1. The van der Waals surface area contributed by atoms with E-state index in [4.69, 9.17) is 4.43 Å². The van der Waals surface area contributed by atoms with Crippen LogP contribution >= 0.6 is 15.9 Å². The molecule has 0 heterocycles. The molecule has 0 aliphatic heterocycles. The van der Waals surface area contributed by atoms with Gasteiger partial charge in [-0.1, -0.05) is 106 Å². The van der Waals surface area contributed by atoms with Crippen molar-refractivity contribution in [3.8, 4) is 0 Å². The highest BCUT2D eigenvalue weighted by Gasteiger charge is 2.41. The van der Waals surface area contributed by atoms with Crippen LogP contribution in [0.4, 0.5) is 0 Å². The van der Waals surface area contributed by atoms with Crippen LogP contribution in [0, 0.1) is 11.3 Å². The fraction of sp³-hybridized carbons (Fsp3) is 0.483. The van der Waals surface area contributed by atoms with E-state index < -0.39 is 4.51 Å². The lowest BCUT2D eigenvalue weighted by Crippen LogP contribution is -2.36. The lowest BCUT2D eigenvalue weighted by molar-refractivity contribution is -0.129. The molecule has 180 valence electrons. The summed E-state index contributed by atoms with van der Waals surface area (Å²) in [6.07, 6.45) is 7.72. The Bertz CT molecular complexity index is 889. The first kappa shape index (κ1) is 27.7. The predicted molar refractivity (Wildman–Crippen MR) is 148 cm³/mol. The van der Waals surface area contributed by atoms with Crippen molar-refractivity contribution in [1.82, 2.24) is 0 Å². The lowest BCUT2D eigenvalue weighted by Gasteiger charge is -2.30. The van der Waals surface area contributed by atoms with Crippen LogP contribution in [0.2, 0.25) is 0 Å². The van der Waals surface area contributed by atoms with Crippen molar-refractivity contribution in [3.05, 3.63) is 83.4 Å². The van der Waals surface area contributed by atoms with E-state index in [0.717, 1.165) is 23.5 Å². The van der Waals surface area contributed by atoms with Crippen LogP contribution in [0.15, 0.2) is 72.3 Å². The summed E-state index contributed by atoms with van der Waals surface area (Å²) in [6, 6.07) is 19.8. The van der Waals surface area contributed by atoms with Crippen LogP contribution in [-0.2, 0) is 13.7 Å². The van der Waals surface area contributed by atoms with E-state index in [2.05, 4.69) is 56.6 Å². The van der Waals surface area contributed by atoms with Gasteiger partial charge in [0.05, 0.1) is 5.92 Å². The van der Waals surface area contributed by atoms with Crippen molar-refractivity contribution >= 4 is 32.2 Å². The molecule has 0 saturated carbocycles. The molecule has 0 aliphatic carbocycles. The Morgan fingerprint density at radius 3 is 2.18 bits per heavy atom. The monoisotopic (exact) mass is 528 g/mol. The second kappa shape index (κ2) is 12.8. The minimum absolute atomic E-state index is 0.0535. The number of Topliss-reactive ketones (excluding diaryl/α,β-unsaturated/α-hetero) is 1. The summed E-state index contributed by atoms with van der Waals surface area (Å²) in [4.78, 5) is 13.9. The van der Waals surface area contributed by atoms with Crippen LogP contribution in [0.25, 0.3) is 0 Å². The lowest BCUT2D eigenvalue weighted by atomic mass is 9.83. The van der Waals surface area contributed by atoms with Gasteiger partial charge in [0.1, 0.15) is 10.5 Å². The van der Waals surface area contributed by atoms with E-state index in [1.165, 1.54) is 24.8 Å². The third-order valence-corrected chi connectivity index (χ3v) is 8.58. The molecule has 33 heavy (non-hydrogen) atoms. The standard InChI is InChI=1S/C29H41BrO2Si/c1-22(13-12-14-23(2)21-28(3,4)5)19-20-26(24-15-8-6-9-16-24)27(31)29(30,32-33)25-17-10-7-11-18-25/h6-11,15-19,23,26H,12-14,20-21H2,1-5,33H3. The highest BCUT2D eigenvalue weighted by atomic mass is 79.9. The van der Waals surface area contributed by atoms with Gasteiger partial charge >= 0.3 is 0 Å². The first-order valence-electron chi connectivity index (χ1n) is 12.1. The number of halogens is 1. The van der Waals surface area contributed by atoms with Crippen molar-refractivity contribution < 1.29 is 9.22 Å². The van der Waals surface area contributed by atoms with Gasteiger partial charge in [-0.3, -0.25) is 4.79 Å². The molecule has 3 atom stereocenters. The molecule has 4 heteroatoms. The van der Waals surface area contributed by atoms with E-state index in [-0.39, 0.29) is 11.7 Å². The van der Waals surface area contributed by atoms with E-state index in [9.17, 15) is 4.79 Å². The number of carbonyl (C=O) groups excluding carboxylic acids is 1. The van der Waals surface area contributed by atoms with Crippen LogP contribution < -0.4 is 0 Å². The van der Waals surface area contributed by atoms with Crippen molar-refractivity contribution in [2.75, 3.05) is 0 Å². The van der Waals surface area contributed by atoms with Gasteiger partial charge in [-0.25, -0.2) is 0 Å². The summed E-state index contributed by atoms with van der Waals surface area (Å²) in [5.74, 6) is 0.523. The summed E-state index contributed by atoms with van der Waals surface area (Å²) in [5, 5.41) is 0. The summed E-state index contributed by atoms with van der Waals surface area (Å²) >= 11 is 3.69. The quantitative estimate of drug-likeness (QED) is 0.162. The average molecular weight is 530 g/mol. The Morgan fingerprint density at radius 1 is 1.06 bits per heavy atom. The zero-order valence-corrected chi connectivity index (χ0v) is 24.8. The number of allylic oxidation sites excluding steroid dienone is 2. The summed E-state index contributed by atoms with van der Waals surface area (Å²) in [5.41, 5.74) is 3.63. The number of hydrogen-bond acceptors (Lipinski definition) is 2. The third kappa shape index (κ3) is 8.66. The molecule has 0 radical (unpaired) electrons. The zero-order chi connectivity index (χ0) is 24.5. The van der Waals surface area contributed by atoms with Crippen LogP contribution in [0.1, 0.15) is 83.8 Å². The molecule has 2 aromatic rings. The maximum absolute atomic E-state index is 13.9. The predicted octanol–water partition coefficient (Wildman–Crippen LogP) is 7.46. The van der Waals surface area contributed by atoms with Crippen molar-refractivity contribution in [2.24, 2.45) is 11.3 Å². The maximum atomic E-state index is 13.9. The minimum atomic E-state index is -1.11. The molecule has 0 saturated heterocycles. The van der Waals surface area contributed by atoms with Crippen molar-refractivity contribution in [3.63, 3.8) is 0 Å². The molecular weight excluding hydrogens is 488 g/mol. The molecule has 0 bridgehead atoms. The topological polar surface area (TPSA) is 26.3 Å². The Hall–Kier alpha value is -1.49. The highest BCUT2D eigenvalue weighted by Crippen LogP contribution is 2.39. The Labute approximate surface area is 212 Å². The summed E-state index contributed by atoms with van der Waals surface area (Å²) in [7, 11) is 0.451. The number of alkyl halides is 1. The molecule has 2 nitrogen and oxygen atoms in total. The fourth-order valence-electron chi connectivity index (χ4n) is 4.62. The fourth-order valence-corrected chi connectivity index (χ4v) is 5.59. The zero-order valence-electron chi connectivity index (χ0n) is 21.2. The van der Waals surface area contributed by atoms with Gasteiger partial charge in [0, 0.05) is 5.56 Å². The summed E-state index contributed by atoms with van der Waals surface area (Å²) < 4.78 is 4.81. The van der Waals surface area contributed by atoms with Crippen LogP contribution in [-0.4, -0.2) is 16.3 Å². The minimum Gasteiger partial charge on any atom is -0.404 e. The first-order valence-corrected chi connectivity index (χ1v) is 13.7. The third-order valence-electron chi connectivity index (χ3n) is 6.19. The molecule has 0 aliphatic rings. The number of hydrogen-bond donors (Lipinski definition) is 0. The molecule has 2 aromatic carbocycles. The van der Waals surface area contributed by atoms with Gasteiger partial charge in [-0.15, -0.1) is 0 Å².